The van der Waals surface area contributed by atoms with Crippen LogP contribution >= 0.6 is 15.9 Å². The Hall–Kier alpha value is 0.400. The SMILES string of the molecule is [3H][C@H]1C[C@H](C)[C@@H]([C@H](N)CCCBr)O1. The lowest BCUT2D eigenvalue weighted by Gasteiger charge is -2.21. The molecule has 0 aromatic carbocycles. The average molecular weight is 238 g/mol. The predicted molar refractivity (Wildman–Crippen MR) is 54.5 cm³/mol. The fraction of sp³-hybridized carbons (Fsp3) is 1.00. The lowest BCUT2D eigenvalue weighted by atomic mass is 9.95. The van der Waals surface area contributed by atoms with E-state index >= 15 is 0 Å². The van der Waals surface area contributed by atoms with Gasteiger partial charge in [0.15, 0.2) is 0 Å². The van der Waals surface area contributed by atoms with Crippen LogP contribution in [0.25, 0.3) is 0 Å². The summed E-state index contributed by atoms with van der Waals surface area (Å²) in [5.74, 6) is 0.438. The summed E-state index contributed by atoms with van der Waals surface area (Å²) in [6, 6.07) is 0.0999. The van der Waals surface area contributed by atoms with Crippen molar-refractivity contribution in [2.24, 2.45) is 11.7 Å². The van der Waals surface area contributed by atoms with E-state index in [2.05, 4.69) is 22.9 Å². The van der Waals surface area contributed by atoms with Crippen LogP contribution in [0.5, 0.6) is 0 Å². The molecule has 0 radical (unpaired) electrons. The summed E-state index contributed by atoms with van der Waals surface area (Å²) in [6.07, 6.45) is 2.98. The molecular weight excluding hydrogens is 218 g/mol. The summed E-state index contributed by atoms with van der Waals surface area (Å²) >= 11 is 3.38. The fourth-order valence-corrected chi connectivity index (χ4v) is 1.91. The van der Waals surface area contributed by atoms with Gasteiger partial charge in [0.1, 0.15) is 0 Å². The monoisotopic (exact) mass is 237 g/mol. The third kappa shape index (κ3) is 2.71. The molecule has 1 aliphatic heterocycles. The number of ether oxygens (including phenoxy) is 1. The van der Waals surface area contributed by atoms with Crippen molar-refractivity contribution in [1.82, 2.24) is 0 Å². The number of alkyl halides is 1. The molecule has 0 aliphatic carbocycles. The van der Waals surface area contributed by atoms with Crippen LogP contribution in [0.4, 0.5) is 0 Å². The molecule has 0 saturated carbocycles. The van der Waals surface area contributed by atoms with Gasteiger partial charge in [-0.3, -0.25) is 0 Å². The number of rotatable bonds is 4. The van der Waals surface area contributed by atoms with Crippen molar-refractivity contribution in [3.05, 3.63) is 0 Å². The van der Waals surface area contributed by atoms with Gasteiger partial charge in [-0.15, -0.1) is 0 Å². The zero-order chi connectivity index (χ0) is 9.84. The van der Waals surface area contributed by atoms with Gasteiger partial charge in [-0.1, -0.05) is 22.9 Å². The molecule has 0 amide bonds. The minimum absolute atomic E-state index is 0.0987. The van der Waals surface area contributed by atoms with Gasteiger partial charge in [-0.05, 0) is 25.2 Å². The highest BCUT2D eigenvalue weighted by Crippen LogP contribution is 2.23. The Morgan fingerprint density at radius 2 is 2.58 bits per heavy atom. The smallest absolute Gasteiger partial charge is 0.0752 e. The molecule has 3 heteroatoms. The molecule has 4 atom stereocenters. The zero-order valence-electron chi connectivity index (χ0n) is 8.50. The van der Waals surface area contributed by atoms with Gasteiger partial charge in [0.25, 0.3) is 0 Å². The van der Waals surface area contributed by atoms with Crippen molar-refractivity contribution in [2.45, 2.75) is 38.3 Å². The molecule has 1 rings (SSSR count). The first kappa shape index (κ1) is 8.97. The Kier molecular flexibility index (Phi) is 3.89. The predicted octanol–water partition coefficient (Wildman–Crippen LogP) is 1.91. The summed E-state index contributed by atoms with van der Waals surface area (Å²) in [6.45, 7) is 1.77. The maximum Gasteiger partial charge on any atom is 0.0752 e. The first-order chi connectivity index (χ1) is 6.15. The molecule has 1 heterocycles. The normalized spacial score (nSPS) is 39.6. The molecule has 0 aromatic rings. The lowest BCUT2D eigenvalue weighted by Crippen LogP contribution is -2.37. The van der Waals surface area contributed by atoms with E-state index < -0.39 is 0 Å². The molecule has 2 N–H and O–H groups in total. The Bertz CT molecular complexity index is 159. The molecule has 72 valence electrons. The van der Waals surface area contributed by atoms with Gasteiger partial charge in [-0.25, -0.2) is 0 Å². The first-order valence-corrected chi connectivity index (χ1v) is 5.66. The topological polar surface area (TPSA) is 35.2 Å². The summed E-state index contributed by atoms with van der Waals surface area (Å²) < 4.78 is 12.9. The second-order valence-corrected chi connectivity index (χ2v) is 4.27. The van der Waals surface area contributed by atoms with Gasteiger partial charge in [0.05, 0.1) is 7.47 Å². The molecule has 2 nitrogen and oxygen atoms in total. The Morgan fingerprint density at radius 1 is 1.83 bits per heavy atom. The van der Waals surface area contributed by atoms with E-state index in [9.17, 15) is 0 Å². The maximum absolute atomic E-state index is 7.48. The van der Waals surface area contributed by atoms with Crippen LogP contribution < -0.4 is 5.73 Å². The van der Waals surface area contributed by atoms with Crippen LogP contribution in [0.3, 0.4) is 0 Å². The third-order valence-electron chi connectivity index (χ3n) is 2.38. The Labute approximate surface area is 84.4 Å². The van der Waals surface area contributed by atoms with Crippen molar-refractivity contribution in [1.29, 1.82) is 0 Å². The number of halogens is 1. The molecule has 0 aromatic heterocycles. The van der Waals surface area contributed by atoms with Crippen molar-refractivity contribution in [2.75, 3.05) is 11.9 Å². The number of hydrogen-bond acceptors (Lipinski definition) is 2. The van der Waals surface area contributed by atoms with Gasteiger partial charge in [0, 0.05) is 18.0 Å². The Morgan fingerprint density at radius 3 is 3.08 bits per heavy atom. The third-order valence-corrected chi connectivity index (χ3v) is 2.94. The van der Waals surface area contributed by atoms with Crippen LogP contribution in [0.15, 0.2) is 0 Å². The number of hydrogen-bond donors (Lipinski definition) is 1. The second-order valence-electron chi connectivity index (χ2n) is 3.48. The van der Waals surface area contributed by atoms with Gasteiger partial charge in [0.2, 0.25) is 0 Å². The van der Waals surface area contributed by atoms with Crippen LogP contribution in [0, 0.1) is 5.92 Å². The largest absolute Gasteiger partial charge is 0.376 e. The van der Waals surface area contributed by atoms with Crippen molar-refractivity contribution >= 4 is 15.9 Å². The van der Waals surface area contributed by atoms with Crippen molar-refractivity contribution in [3.63, 3.8) is 0 Å². The zero-order valence-corrected chi connectivity index (χ0v) is 9.09. The van der Waals surface area contributed by atoms with Crippen molar-refractivity contribution < 1.29 is 6.11 Å². The number of nitrogens with two attached hydrogens (primary N) is 1. The molecule has 1 fully saturated rings. The highest BCUT2D eigenvalue weighted by atomic mass is 79.9. The minimum Gasteiger partial charge on any atom is -0.376 e. The fourth-order valence-electron chi connectivity index (χ4n) is 1.59. The van der Waals surface area contributed by atoms with Crippen LogP contribution in [-0.4, -0.2) is 24.1 Å². The quantitative estimate of drug-likeness (QED) is 0.759. The van der Waals surface area contributed by atoms with E-state index in [0.717, 1.165) is 24.6 Å². The van der Waals surface area contributed by atoms with Crippen LogP contribution in [0.1, 0.15) is 27.6 Å². The first-order valence-electron chi connectivity index (χ1n) is 5.12. The molecule has 1 aliphatic rings. The minimum atomic E-state index is -0.352. The molecule has 0 bridgehead atoms. The summed E-state index contributed by atoms with van der Waals surface area (Å²) in [4.78, 5) is 0. The molecule has 12 heavy (non-hydrogen) atoms. The summed E-state index contributed by atoms with van der Waals surface area (Å²) in [7, 11) is 0. The van der Waals surface area contributed by atoms with Gasteiger partial charge in [-0.2, -0.15) is 0 Å². The molecule has 0 spiro atoms. The summed E-state index contributed by atoms with van der Waals surface area (Å²) in [5.41, 5.74) is 5.99. The van der Waals surface area contributed by atoms with E-state index in [1.165, 1.54) is 0 Å². The molecular formula is C9H18BrNO. The highest BCUT2D eigenvalue weighted by molar-refractivity contribution is 9.09. The second kappa shape index (κ2) is 5.20. The lowest BCUT2D eigenvalue weighted by molar-refractivity contribution is 0.0701. The van der Waals surface area contributed by atoms with Gasteiger partial charge < -0.3 is 10.5 Å². The van der Waals surface area contributed by atoms with E-state index in [4.69, 9.17) is 11.8 Å². The maximum atomic E-state index is 7.48. The van der Waals surface area contributed by atoms with Crippen LogP contribution in [-0.2, 0) is 4.74 Å². The Balaban J connectivity index is 2.33. The molecule has 1 saturated heterocycles. The summed E-state index contributed by atoms with van der Waals surface area (Å²) in [5, 5.41) is 0.992. The molecule has 0 unspecified atom stereocenters. The standard InChI is InChI=1S/C9H18BrNO/c1-7-4-6-12-9(7)8(11)3-2-5-10/h7-9H,2-6,11H2,1H3/t7-,8+,9-/m0/s1/i6T/t6-,7-,8+,9-. The van der Waals surface area contributed by atoms with E-state index in [0.29, 0.717) is 5.92 Å². The van der Waals surface area contributed by atoms with Gasteiger partial charge >= 0.3 is 0 Å². The van der Waals surface area contributed by atoms with E-state index in [1.54, 1.807) is 0 Å². The average Bonchev–Trinajstić information content (AvgIpc) is 2.41. The van der Waals surface area contributed by atoms with E-state index in [1.807, 2.05) is 0 Å². The highest BCUT2D eigenvalue weighted by Gasteiger charge is 2.29. The van der Waals surface area contributed by atoms with Crippen molar-refractivity contribution in [3.8, 4) is 0 Å². The van der Waals surface area contributed by atoms with E-state index in [-0.39, 0.29) is 18.7 Å². The van der Waals surface area contributed by atoms with Crippen LogP contribution in [0.2, 0.25) is 0 Å².